The van der Waals surface area contributed by atoms with Gasteiger partial charge in [0, 0.05) is 0 Å². The Morgan fingerprint density at radius 2 is 0.186 bits per heavy atom. The maximum Gasteiger partial charge on any atom is -0.000138 e. The molecule has 0 amide bonds. The van der Waals surface area contributed by atoms with Gasteiger partial charge in [-0.25, -0.2) is 0 Å². The van der Waals surface area contributed by atoms with Crippen molar-refractivity contribution in [2.75, 3.05) is 0 Å². The van der Waals surface area contributed by atoms with Gasteiger partial charge in [0.25, 0.3) is 0 Å². The molecule has 15 aromatic carbocycles. The standard InChI is InChI=1S/C86H58/c1-11-35-59(36-12-1)73-75(61-39-15-3-16-40-61)79(65-47-23-7-24-48-65)85(80(66-49-25-8-26-50-66)76(73)62-41-17-4-18-42-62)83-69-55-31-33-57-71(69)84(72-58-34-32-56-70(72)83)86-81(67-51-27-9-28-52-67)77(63-43-19-5-20-44-63)74(60-37-13-2-14-38-60)78(64-45-21-6-22-46-64)82(86)68-53-29-10-30-54-68/h1-58H. The van der Waals surface area contributed by atoms with Gasteiger partial charge in [-0.2, -0.15) is 0 Å². The van der Waals surface area contributed by atoms with E-state index in [9.17, 15) is 0 Å². The molecule has 0 nitrogen and oxygen atoms in total. The summed E-state index contributed by atoms with van der Waals surface area (Å²) in [5.41, 5.74) is 28.0. The van der Waals surface area contributed by atoms with Crippen LogP contribution < -0.4 is 0 Å². The molecule has 0 saturated heterocycles. The maximum absolute atomic E-state index is 2.40. The van der Waals surface area contributed by atoms with Crippen molar-refractivity contribution in [2.45, 2.75) is 0 Å². The van der Waals surface area contributed by atoms with Gasteiger partial charge in [0.05, 0.1) is 0 Å². The molecular formula is C86H58. The van der Waals surface area contributed by atoms with Gasteiger partial charge < -0.3 is 0 Å². The summed E-state index contributed by atoms with van der Waals surface area (Å²) in [6.07, 6.45) is 0. The second-order valence-electron chi connectivity index (χ2n) is 22.0. The van der Waals surface area contributed by atoms with E-state index in [0.29, 0.717) is 0 Å². The van der Waals surface area contributed by atoms with E-state index in [1.807, 2.05) is 0 Å². The van der Waals surface area contributed by atoms with Crippen LogP contribution in [-0.2, 0) is 0 Å². The number of hydrogen-bond acceptors (Lipinski definition) is 0. The number of fused-ring (bicyclic) bond motifs is 2. The van der Waals surface area contributed by atoms with Crippen molar-refractivity contribution in [3.8, 4) is 134 Å². The summed E-state index contributed by atoms with van der Waals surface area (Å²) >= 11 is 0. The minimum atomic E-state index is 1.14. The fourth-order valence-corrected chi connectivity index (χ4v) is 13.6. The minimum absolute atomic E-state index is 1.14. The largest absolute Gasteiger partial charge is 0.0622 e. The highest BCUT2D eigenvalue weighted by Crippen LogP contribution is 2.62. The van der Waals surface area contributed by atoms with E-state index in [-0.39, 0.29) is 0 Å². The fraction of sp³-hybridized carbons (Fsp3) is 0. The Balaban J connectivity index is 1.23. The molecule has 0 unspecified atom stereocenters. The van der Waals surface area contributed by atoms with Gasteiger partial charge in [-0.15, -0.1) is 0 Å². The Hall–Kier alpha value is -11.2. The van der Waals surface area contributed by atoms with E-state index in [4.69, 9.17) is 0 Å². The molecule has 0 aliphatic carbocycles. The molecule has 0 atom stereocenters. The lowest BCUT2D eigenvalue weighted by molar-refractivity contribution is 1.52. The van der Waals surface area contributed by atoms with Gasteiger partial charge in [-0.1, -0.05) is 352 Å². The summed E-state index contributed by atoms with van der Waals surface area (Å²) in [4.78, 5) is 0. The zero-order valence-electron chi connectivity index (χ0n) is 47.5. The maximum atomic E-state index is 2.40. The van der Waals surface area contributed by atoms with Crippen LogP contribution in [0, 0.1) is 0 Å². The van der Waals surface area contributed by atoms with Crippen LogP contribution in [-0.4, -0.2) is 0 Å². The third-order valence-electron chi connectivity index (χ3n) is 17.1. The molecule has 0 saturated carbocycles. The molecule has 402 valence electrons. The Bertz CT molecular complexity index is 4290. The van der Waals surface area contributed by atoms with Crippen LogP contribution in [0.4, 0.5) is 0 Å². The molecule has 15 aromatic rings. The van der Waals surface area contributed by atoms with E-state index in [1.54, 1.807) is 0 Å². The molecule has 15 rings (SSSR count). The zero-order chi connectivity index (χ0) is 57.2. The summed E-state index contributed by atoms with van der Waals surface area (Å²) in [6, 6.07) is 130. The molecule has 0 heteroatoms. The molecular weight excluding hydrogens is 1030 g/mol. The van der Waals surface area contributed by atoms with Crippen LogP contribution in [0.25, 0.3) is 155 Å². The van der Waals surface area contributed by atoms with Gasteiger partial charge in [-0.05, 0) is 155 Å². The summed E-state index contributed by atoms with van der Waals surface area (Å²) in [6.45, 7) is 0. The highest BCUT2D eigenvalue weighted by Gasteiger charge is 2.34. The summed E-state index contributed by atoms with van der Waals surface area (Å²) in [5.74, 6) is 0. The van der Waals surface area contributed by atoms with Crippen molar-refractivity contribution in [3.05, 3.63) is 352 Å². The Labute approximate surface area is 503 Å². The molecule has 0 aliphatic heterocycles. The molecule has 0 aromatic heterocycles. The lowest BCUT2D eigenvalue weighted by atomic mass is 9.71. The van der Waals surface area contributed by atoms with Crippen molar-refractivity contribution in [1.82, 2.24) is 0 Å². The molecule has 0 bridgehead atoms. The second kappa shape index (κ2) is 22.9. The monoisotopic (exact) mass is 1090 g/mol. The highest BCUT2D eigenvalue weighted by atomic mass is 14.4. The van der Waals surface area contributed by atoms with Gasteiger partial charge >= 0.3 is 0 Å². The highest BCUT2D eigenvalue weighted by molar-refractivity contribution is 6.30. The minimum Gasteiger partial charge on any atom is -0.0622 e. The van der Waals surface area contributed by atoms with Crippen molar-refractivity contribution >= 4 is 21.5 Å². The first-order chi connectivity index (χ1) is 42.8. The first-order valence-corrected chi connectivity index (χ1v) is 29.8. The van der Waals surface area contributed by atoms with Gasteiger partial charge in [0.1, 0.15) is 0 Å². The smallest absolute Gasteiger partial charge is 0.000138 e. The van der Waals surface area contributed by atoms with E-state index >= 15 is 0 Å². The second-order valence-corrected chi connectivity index (χ2v) is 22.0. The average molecular weight is 1090 g/mol. The zero-order valence-corrected chi connectivity index (χ0v) is 47.5. The first-order valence-electron chi connectivity index (χ1n) is 29.8. The topological polar surface area (TPSA) is 0 Å². The summed E-state index contributed by atoms with van der Waals surface area (Å²) in [7, 11) is 0. The lowest BCUT2D eigenvalue weighted by Gasteiger charge is -2.31. The number of hydrogen-bond donors (Lipinski definition) is 0. The molecule has 0 aliphatic rings. The predicted octanol–water partition coefficient (Wildman–Crippen LogP) is 24.0. The predicted molar refractivity (Wildman–Crippen MR) is 367 cm³/mol. The Morgan fingerprint density at radius 1 is 0.0814 bits per heavy atom. The van der Waals surface area contributed by atoms with Crippen molar-refractivity contribution < 1.29 is 0 Å². The SMILES string of the molecule is c1ccc(-c2c(-c3ccccc3)c(-c3ccccc3)c(-c3c4ccccc4c(-c4c(-c5ccccc5)c(-c5ccccc5)c(-c5ccccc5)c(-c5ccccc5)c4-c4ccccc4)c4ccccc34)c(-c3ccccc3)c2-c2ccccc2)cc1. The fourth-order valence-electron chi connectivity index (χ4n) is 13.6. The van der Waals surface area contributed by atoms with Crippen LogP contribution in [0.2, 0.25) is 0 Å². The molecule has 0 heterocycles. The van der Waals surface area contributed by atoms with Gasteiger partial charge in [-0.3, -0.25) is 0 Å². The average Bonchev–Trinajstić information content (AvgIpc) is 1.72. The molecule has 0 radical (unpaired) electrons. The van der Waals surface area contributed by atoms with Crippen molar-refractivity contribution in [3.63, 3.8) is 0 Å². The van der Waals surface area contributed by atoms with Crippen LogP contribution in [0.5, 0.6) is 0 Å². The lowest BCUT2D eigenvalue weighted by Crippen LogP contribution is -2.04. The van der Waals surface area contributed by atoms with E-state index < -0.39 is 0 Å². The number of rotatable bonds is 12. The van der Waals surface area contributed by atoms with E-state index in [2.05, 4.69) is 352 Å². The normalized spacial score (nSPS) is 11.3. The quantitative estimate of drug-likeness (QED) is 0.107. The van der Waals surface area contributed by atoms with Crippen molar-refractivity contribution in [1.29, 1.82) is 0 Å². The molecule has 0 N–H and O–H groups in total. The molecule has 0 fully saturated rings. The first kappa shape index (κ1) is 51.7. The van der Waals surface area contributed by atoms with Crippen LogP contribution >= 0.6 is 0 Å². The summed E-state index contributed by atoms with van der Waals surface area (Å²) < 4.78 is 0. The van der Waals surface area contributed by atoms with E-state index in [1.165, 1.54) is 77.9 Å². The van der Waals surface area contributed by atoms with Gasteiger partial charge in [0.2, 0.25) is 0 Å². The Morgan fingerprint density at radius 3 is 0.314 bits per heavy atom. The van der Waals surface area contributed by atoms with E-state index in [0.717, 1.165) is 77.2 Å². The van der Waals surface area contributed by atoms with Crippen LogP contribution in [0.3, 0.4) is 0 Å². The third kappa shape index (κ3) is 9.13. The van der Waals surface area contributed by atoms with Crippen molar-refractivity contribution in [2.24, 2.45) is 0 Å². The molecule has 86 heavy (non-hydrogen) atoms. The number of benzene rings is 15. The Kier molecular flexibility index (Phi) is 13.7. The van der Waals surface area contributed by atoms with Crippen LogP contribution in [0.1, 0.15) is 0 Å². The van der Waals surface area contributed by atoms with Gasteiger partial charge in [0.15, 0.2) is 0 Å². The third-order valence-corrected chi connectivity index (χ3v) is 17.1. The summed E-state index contributed by atoms with van der Waals surface area (Å²) in [5, 5.41) is 4.64. The molecule has 0 spiro atoms. The van der Waals surface area contributed by atoms with Crippen LogP contribution in [0.15, 0.2) is 352 Å².